The van der Waals surface area contributed by atoms with E-state index in [1.54, 1.807) is 7.11 Å². The van der Waals surface area contributed by atoms with Crippen LogP contribution in [0.25, 0.3) is 10.9 Å². The molecule has 0 aliphatic heterocycles. The molecule has 1 N–H and O–H groups in total. The van der Waals surface area contributed by atoms with E-state index in [-0.39, 0.29) is 11.8 Å². The summed E-state index contributed by atoms with van der Waals surface area (Å²) in [5, 5.41) is 0.973. The van der Waals surface area contributed by atoms with Crippen LogP contribution in [0, 0.1) is 6.92 Å². The fourth-order valence-electron chi connectivity index (χ4n) is 3.14. The van der Waals surface area contributed by atoms with E-state index in [4.69, 9.17) is 4.74 Å². The van der Waals surface area contributed by atoms with Gasteiger partial charge in [-0.05, 0) is 33.0 Å². The van der Waals surface area contributed by atoms with Crippen LogP contribution in [-0.2, 0) is 6.54 Å². The van der Waals surface area contributed by atoms with Crippen molar-refractivity contribution in [2.75, 3.05) is 14.2 Å². The first kappa shape index (κ1) is 17.2. The molecule has 130 valence electrons. The molecule has 2 aromatic carbocycles. The molecule has 3 aromatic rings. The summed E-state index contributed by atoms with van der Waals surface area (Å²) >= 11 is 0. The number of aryl methyl sites for hydroxylation is 1. The standard InChI is InChI=1S/C21H24N2O2/c1-14-9-10-20(25-4)16(11-14)13-23(3)15(2)21(24)18-12-22-19-8-6-5-7-17(18)19/h5-12,15,22H,13H2,1-4H3/t15-/m1/s1. The van der Waals surface area contributed by atoms with Crippen molar-refractivity contribution in [3.63, 3.8) is 0 Å². The monoisotopic (exact) mass is 336 g/mol. The van der Waals surface area contributed by atoms with Gasteiger partial charge in [-0.15, -0.1) is 0 Å². The third-order valence-corrected chi connectivity index (χ3v) is 4.75. The predicted molar refractivity (Wildman–Crippen MR) is 101 cm³/mol. The van der Waals surface area contributed by atoms with Gasteiger partial charge in [0.1, 0.15) is 5.75 Å². The fourth-order valence-corrected chi connectivity index (χ4v) is 3.14. The van der Waals surface area contributed by atoms with E-state index >= 15 is 0 Å². The van der Waals surface area contributed by atoms with Crippen molar-refractivity contribution in [2.24, 2.45) is 0 Å². The molecule has 0 fully saturated rings. The molecule has 0 radical (unpaired) electrons. The van der Waals surface area contributed by atoms with Gasteiger partial charge in [0.15, 0.2) is 5.78 Å². The van der Waals surface area contributed by atoms with Crippen LogP contribution in [0.15, 0.2) is 48.7 Å². The molecule has 25 heavy (non-hydrogen) atoms. The molecule has 0 spiro atoms. The van der Waals surface area contributed by atoms with Crippen molar-refractivity contribution in [1.82, 2.24) is 9.88 Å². The number of Topliss-reactive ketones (excluding diaryl/α,β-unsaturated/α-hetero) is 1. The van der Waals surface area contributed by atoms with Gasteiger partial charge in [-0.3, -0.25) is 9.69 Å². The Morgan fingerprint density at radius 3 is 2.76 bits per heavy atom. The fraction of sp³-hybridized carbons (Fsp3) is 0.286. The summed E-state index contributed by atoms with van der Waals surface area (Å²) in [5.74, 6) is 0.968. The Morgan fingerprint density at radius 1 is 1.24 bits per heavy atom. The largest absolute Gasteiger partial charge is 0.496 e. The molecular formula is C21H24N2O2. The van der Waals surface area contributed by atoms with Gasteiger partial charge in [-0.2, -0.15) is 0 Å². The number of fused-ring (bicyclic) bond motifs is 1. The van der Waals surface area contributed by atoms with E-state index in [1.807, 2.05) is 56.6 Å². The van der Waals surface area contributed by atoms with E-state index in [1.165, 1.54) is 5.56 Å². The van der Waals surface area contributed by atoms with Crippen LogP contribution in [0.3, 0.4) is 0 Å². The maximum absolute atomic E-state index is 13.0. The number of H-pyrrole nitrogens is 1. The van der Waals surface area contributed by atoms with Gasteiger partial charge in [0.05, 0.1) is 13.2 Å². The lowest BCUT2D eigenvalue weighted by Crippen LogP contribution is -2.35. The zero-order chi connectivity index (χ0) is 18.0. The number of ether oxygens (including phenoxy) is 1. The molecule has 0 aliphatic rings. The van der Waals surface area contributed by atoms with E-state index in [0.717, 1.165) is 27.8 Å². The van der Waals surface area contributed by atoms with Crippen molar-refractivity contribution in [3.05, 3.63) is 65.4 Å². The quantitative estimate of drug-likeness (QED) is 0.687. The molecule has 0 bridgehead atoms. The SMILES string of the molecule is COc1ccc(C)cc1CN(C)[C@H](C)C(=O)c1c[nH]c2ccccc12. The lowest BCUT2D eigenvalue weighted by Gasteiger charge is -2.24. The van der Waals surface area contributed by atoms with Crippen LogP contribution >= 0.6 is 0 Å². The summed E-state index contributed by atoms with van der Waals surface area (Å²) in [7, 11) is 3.65. The number of likely N-dealkylation sites (N-methyl/N-ethyl adjacent to an activating group) is 1. The average molecular weight is 336 g/mol. The molecule has 1 aromatic heterocycles. The van der Waals surface area contributed by atoms with Crippen LogP contribution < -0.4 is 4.74 Å². The molecule has 3 rings (SSSR count). The number of rotatable bonds is 6. The van der Waals surface area contributed by atoms with Crippen molar-refractivity contribution in [2.45, 2.75) is 26.4 Å². The number of hydrogen-bond donors (Lipinski definition) is 1. The minimum Gasteiger partial charge on any atom is -0.496 e. The molecular weight excluding hydrogens is 312 g/mol. The Kier molecular flexibility index (Phi) is 4.91. The maximum Gasteiger partial charge on any atom is 0.181 e. The first-order chi connectivity index (χ1) is 12.0. The van der Waals surface area contributed by atoms with Crippen molar-refractivity contribution < 1.29 is 9.53 Å². The summed E-state index contributed by atoms with van der Waals surface area (Å²) in [6.07, 6.45) is 1.81. The summed E-state index contributed by atoms with van der Waals surface area (Å²) in [5.41, 5.74) is 4.00. The zero-order valence-corrected chi connectivity index (χ0v) is 15.2. The minimum atomic E-state index is -0.232. The summed E-state index contributed by atoms with van der Waals surface area (Å²) in [4.78, 5) is 18.2. The Hall–Kier alpha value is -2.59. The molecule has 0 saturated carbocycles. The lowest BCUT2D eigenvalue weighted by molar-refractivity contribution is 0.0863. The number of aromatic nitrogens is 1. The molecule has 0 aliphatic carbocycles. The van der Waals surface area contributed by atoms with Gasteiger partial charge in [0.2, 0.25) is 0 Å². The Bertz CT molecular complexity index is 898. The van der Waals surface area contributed by atoms with E-state index in [2.05, 4.69) is 22.9 Å². The maximum atomic E-state index is 13.0. The second kappa shape index (κ2) is 7.11. The molecule has 0 saturated heterocycles. The van der Waals surface area contributed by atoms with Crippen LogP contribution in [0.4, 0.5) is 0 Å². The number of ketones is 1. The van der Waals surface area contributed by atoms with Gasteiger partial charge < -0.3 is 9.72 Å². The van der Waals surface area contributed by atoms with Crippen LogP contribution in [-0.4, -0.2) is 35.9 Å². The molecule has 0 unspecified atom stereocenters. The highest BCUT2D eigenvalue weighted by Crippen LogP contribution is 2.24. The number of methoxy groups -OCH3 is 1. The van der Waals surface area contributed by atoms with Gasteiger partial charge in [-0.25, -0.2) is 0 Å². The van der Waals surface area contributed by atoms with Crippen molar-refractivity contribution >= 4 is 16.7 Å². The zero-order valence-electron chi connectivity index (χ0n) is 15.2. The van der Waals surface area contributed by atoms with E-state index in [0.29, 0.717) is 6.54 Å². The Morgan fingerprint density at radius 2 is 2.00 bits per heavy atom. The van der Waals surface area contributed by atoms with E-state index in [9.17, 15) is 4.79 Å². The lowest BCUT2D eigenvalue weighted by atomic mass is 10.0. The van der Waals surface area contributed by atoms with Crippen LogP contribution in [0.1, 0.15) is 28.4 Å². The third kappa shape index (κ3) is 3.44. The second-order valence-corrected chi connectivity index (χ2v) is 6.52. The summed E-state index contributed by atoms with van der Waals surface area (Å²) in [6, 6.07) is 13.8. The normalized spacial score (nSPS) is 12.5. The highest BCUT2D eigenvalue weighted by Gasteiger charge is 2.23. The molecule has 1 heterocycles. The van der Waals surface area contributed by atoms with Crippen LogP contribution in [0.5, 0.6) is 5.75 Å². The summed E-state index contributed by atoms with van der Waals surface area (Å²) in [6.45, 7) is 4.66. The first-order valence-electron chi connectivity index (χ1n) is 8.45. The number of para-hydroxylation sites is 1. The number of aromatic amines is 1. The van der Waals surface area contributed by atoms with Crippen molar-refractivity contribution in [3.8, 4) is 5.75 Å². The van der Waals surface area contributed by atoms with Gasteiger partial charge in [0.25, 0.3) is 0 Å². The number of nitrogens with zero attached hydrogens (tertiary/aromatic N) is 1. The smallest absolute Gasteiger partial charge is 0.181 e. The number of nitrogens with one attached hydrogen (secondary N) is 1. The van der Waals surface area contributed by atoms with Gasteiger partial charge in [-0.1, -0.05) is 35.9 Å². The third-order valence-electron chi connectivity index (χ3n) is 4.75. The molecule has 1 atom stereocenters. The minimum absolute atomic E-state index is 0.117. The highest BCUT2D eigenvalue weighted by molar-refractivity contribution is 6.10. The first-order valence-corrected chi connectivity index (χ1v) is 8.45. The second-order valence-electron chi connectivity index (χ2n) is 6.52. The highest BCUT2D eigenvalue weighted by atomic mass is 16.5. The predicted octanol–water partition coefficient (Wildman–Crippen LogP) is 4.19. The average Bonchev–Trinajstić information content (AvgIpc) is 3.04. The number of hydrogen-bond acceptors (Lipinski definition) is 3. The summed E-state index contributed by atoms with van der Waals surface area (Å²) < 4.78 is 5.45. The van der Waals surface area contributed by atoms with Crippen molar-refractivity contribution in [1.29, 1.82) is 0 Å². The molecule has 4 heteroatoms. The Labute approximate surface area is 148 Å². The molecule has 0 amide bonds. The molecule has 4 nitrogen and oxygen atoms in total. The number of carbonyl (C=O) groups is 1. The Balaban J connectivity index is 1.81. The number of benzene rings is 2. The van der Waals surface area contributed by atoms with E-state index < -0.39 is 0 Å². The topological polar surface area (TPSA) is 45.3 Å². The van der Waals surface area contributed by atoms with Gasteiger partial charge in [0, 0.05) is 34.8 Å². The van der Waals surface area contributed by atoms with Gasteiger partial charge >= 0.3 is 0 Å². The van der Waals surface area contributed by atoms with Crippen LogP contribution in [0.2, 0.25) is 0 Å². The number of carbonyl (C=O) groups excluding carboxylic acids is 1.